The number of halogens is 2. The third kappa shape index (κ3) is 4.43. The highest BCUT2D eigenvalue weighted by Crippen LogP contribution is 2.26. The second-order valence-electron chi connectivity index (χ2n) is 6.44. The molecule has 0 spiro atoms. The quantitative estimate of drug-likeness (QED) is 0.366. The first kappa shape index (κ1) is 22.5. The number of rotatable bonds is 7. The van der Waals surface area contributed by atoms with Gasteiger partial charge < -0.3 is 25.3 Å². The summed E-state index contributed by atoms with van der Waals surface area (Å²) in [7, 11) is 2.49. The molecule has 2 aromatic heterocycles. The molecule has 0 saturated heterocycles. The summed E-state index contributed by atoms with van der Waals surface area (Å²) in [6.45, 7) is -0.773. The minimum atomic E-state index is -1.15. The molecule has 1 aromatic carbocycles. The van der Waals surface area contributed by atoms with Gasteiger partial charge in [-0.15, -0.1) is 4.73 Å². The van der Waals surface area contributed by atoms with Crippen LogP contribution in [0.2, 0.25) is 0 Å². The summed E-state index contributed by atoms with van der Waals surface area (Å²) in [5.74, 6) is -3.25. The van der Waals surface area contributed by atoms with Crippen molar-refractivity contribution >= 4 is 28.6 Å². The molecule has 0 aliphatic rings. The molecule has 10 nitrogen and oxygen atoms in total. The monoisotopic (exact) mass is 448 g/mol. The number of fused-ring (bicyclic) bond motifs is 1. The molecule has 32 heavy (non-hydrogen) atoms. The van der Waals surface area contributed by atoms with Crippen LogP contribution in [0.4, 0.5) is 14.5 Å². The zero-order valence-electron chi connectivity index (χ0n) is 16.9. The Hall–Kier alpha value is -4.22. The summed E-state index contributed by atoms with van der Waals surface area (Å²) in [6, 6.07) is 5.65. The first-order chi connectivity index (χ1) is 15.3. The maximum atomic E-state index is 13.9. The average molecular weight is 448 g/mol. The molecule has 0 bridgehead atoms. The molecule has 0 saturated carbocycles. The Morgan fingerprint density at radius 3 is 2.59 bits per heavy atom. The maximum absolute atomic E-state index is 13.9. The van der Waals surface area contributed by atoms with E-state index in [1.54, 1.807) is 0 Å². The number of benzene rings is 1. The predicted molar refractivity (Wildman–Crippen MR) is 108 cm³/mol. The number of esters is 1. The Balaban J connectivity index is 2.06. The van der Waals surface area contributed by atoms with Gasteiger partial charge in [-0.2, -0.15) is 4.98 Å². The lowest BCUT2D eigenvalue weighted by Gasteiger charge is -2.16. The van der Waals surface area contributed by atoms with Crippen molar-refractivity contribution in [1.29, 1.82) is 0 Å². The van der Waals surface area contributed by atoms with Crippen LogP contribution < -0.4 is 20.9 Å². The van der Waals surface area contributed by atoms with Crippen LogP contribution in [0.5, 0.6) is 5.88 Å². The highest BCUT2D eigenvalue weighted by molar-refractivity contribution is 6.07. The van der Waals surface area contributed by atoms with Crippen molar-refractivity contribution in [2.24, 2.45) is 0 Å². The van der Waals surface area contributed by atoms with Gasteiger partial charge in [0, 0.05) is 29.6 Å². The van der Waals surface area contributed by atoms with Crippen molar-refractivity contribution in [3.8, 4) is 5.88 Å². The van der Waals surface area contributed by atoms with E-state index in [4.69, 9.17) is 4.74 Å². The third-order valence-electron chi connectivity index (χ3n) is 4.50. The van der Waals surface area contributed by atoms with E-state index >= 15 is 0 Å². The lowest BCUT2D eigenvalue weighted by atomic mass is 10.1. The molecule has 3 aromatic rings. The normalized spacial score (nSPS) is 10.6. The lowest BCUT2D eigenvalue weighted by Crippen LogP contribution is -2.35. The van der Waals surface area contributed by atoms with Crippen LogP contribution in [0.15, 0.2) is 35.1 Å². The minimum absolute atomic E-state index is 0.0275. The summed E-state index contributed by atoms with van der Waals surface area (Å²) in [6.07, 6.45) is 0. The van der Waals surface area contributed by atoms with Crippen LogP contribution in [-0.2, 0) is 16.1 Å². The smallest absolute Gasteiger partial charge is 0.325 e. The van der Waals surface area contributed by atoms with Crippen molar-refractivity contribution in [3.05, 3.63) is 63.4 Å². The number of methoxy groups -OCH3 is 2. The van der Waals surface area contributed by atoms with Gasteiger partial charge in [-0.1, -0.05) is 6.07 Å². The lowest BCUT2D eigenvalue weighted by molar-refractivity contribution is -0.138. The van der Waals surface area contributed by atoms with Crippen molar-refractivity contribution in [3.63, 3.8) is 0 Å². The minimum Gasteiger partial charge on any atom is -0.481 e. The summed E-state index contributed by atoms with van der Waals surface area (Å²) >= 11 is 0. The Kier molecular flexibility index (Phi) is 6.52. The molecule has 12 heteroatoms. The van der Waals surface area contributed by atoms with Crippen molar-refractivity contribution in [2.45, 2.75) is 6.54 Å². The Bertz CT molecular complexity index is 1260. The van der Waals surface area contributed by atoms with Crippen LogP contribution in [0.1, 0.15) is 15.9 Å². The van der Waals surface area contributed by atoms with Gasteiger partial charge >= 0.3 is 5.97 Å². The van der Waals surface area contributed by atoms with Crippen LogP contribution in [0, 0.1) is 11.6 Å². The average Bonchev–Trinajstić information content (AvgIpc) is 2.79. The number of aromatic nitrogens is 2. The molecule has 0 radical (unpaired) electrons. The van der Waals surface area contributed by atoms with Gasteiger partial charge in [-0.05, 0) is 12.1 Å². The van der Waals surface area contributed by atoms with Crippen molar-refractivity contribution in [2.75, 3.05) is 26.1 Å². The molecule has 0 fully saturated rings. The number of ether oxygens (including phenoxy) is 2. The number of amides is 1. The van der Waals surface area contributed by atoms with E-state index in [1.807, 2.05) is 0 Å². The second-order valence-corrected chi connectivity index (χ2v) is 6.44. The molecule has 2 heterocycles. The van der Waals surface area contributed by atoms with Crippen LogP contribution >= 0.6 is 0 Å². The van der Waals surface area contributed by atoms with E-state index in [2.05, 4.69) is 20.4 Å². The molecule has 1 amide bonds. The first-order valence-corrected chi connectivity index (χ1v) is 9.12. The number of pyridine rings is 2. The van der Waals surface area contributed by atoms with Gasteiger partial charge in [0.15, 0.2) is 5.65 Å². The molecule has 168 valence electrons. The number of hydrogen-bond acceptors (Lipinski definition) is 8. The van der Waals surface area contributed by atoms with E-state index in [1.165, 1.54) is 19.2 Å². The fraction of sp³-hybridized carbons (Fsp3) is 0.200. The summed E-state index contributed by atoms with van der Waals surface area (Å²) < 4.78 is 36.7. The summed E-state index contributed by atoms with van der Waals surface area (Å²) in [5.41, 5.74) is -2.07. The Morgan fingerprint density at radius 1 is 1.19 bits per heavy atom. The fourth-order valence-electron chi connectivity index (χ4n) is 2.90. The molecule has 3 N–H and O–H groups in total. The number of hydrogen-bond donors (Lipinski definition) is 3. The Labute approximate surface area is 179 Å². The summed E-state index contributed by atoms with van der Waals surface area (Å²) in [4.78, 5) is 41.2. The molecule has 0 aliphatic heterocycles. The van der Waals surface area contributed by atoms with Gasteiger partial charge in [0.1, 0.15) is 23.7 Å². The van der Waals surface area contributed by atoms with E-state index in [-0.39, 0.29) is 39.4 Å². The number of nitrogens with one attached hydrogen (secondary N) is 2. The number of nitrogens with zero attached hydrogens (tertiary/aromatic N) is 2. The van der Waals surface area contributed by atoms with Crippen LogP contribution in [-0.4, -0.2) is 47.6 Å². The second kappa shape index (κ2) is 9.29. The van der Waals surface area contributed by atoms with Crippen LogP contribution in [0.25, 0.3) is 11.0 Å². The van der Waals surface area contributed by atoms with E-state index < -0.39 is 41.2 Å². The molecule has 0 unspecified atom stereocenters. The SMILES string of the molecule is COC(=O)CNc1c(C(=O)NCc2ccc(F)cc2F)c(=O)n(O)c2nc(OC)ccc12. The Morgan fingerprint density at radius 2 is 1.94 bits per heavy atom. The zero-order chi connectivity index (χ0) is 23.4. The largest absolute Gasteiger partial charge is 0.481 e. The first-order valence-electron chi connectivity index (χ1n) is 9.12. The number of anilines is 1. The van der Waals surface area contributed by atoms with Gasteiger partial charge in [0.25, 0.3) is 11.5 Å². The van der Waals surface area contributed by atoms with E-state index in [0.29, 0.717) is 6.07 Å². The molecule has 0 aliphatic carbocycles. The van der Waals surface area contributed by atoms with Gasteiger partial charge in [-0.3, -0.25) is 14.4 Å². The molecular formula is C20H18F2N4O6. The predicted octanol–water partition coefficient (Wildman–Crippen LogP) is 1.44. The topological polar surface area (TPSA) is 132 Å². The highest BCUT2D eigenvalue weighted by Gasteiger charge is 2.24. The van der Waals surface area contributed by atoms with Gasteiger partial charge in [-0.25, -0.2) is 8.78 Å². The standard InChI is InChI=1S/C20H18F2N4O6/c1-31-14-6-5-12-17(23-9-15(27)32-2)16(20(29)26(30)18(12)25-14)19(28)24-8-10-3-4-11(21)7-13(10)22/h3-7,23,30H,8-9H2,1-2H3,(H,24,28). The van der Waals surface area contributed by atoms with Crippen molar-refractivity contribution in [1.82, 2.24) is 15.0 Å². The molecule has 0 atom stereocenters. The number of carbonyl (C=O) groups is 2. The third-order valence-corrected chi connectivity index (χ3v) is 4.50. The highest BCUT2D eigenvalue weighted by atomic mass is 19.1. The van der Waals surface area contributed by atoms with E-state index in [0.717, 1.165) is 19.2 Å². The number of carbonyl (C=O) groups excluding carboxylic acids is 2. The molecule has 3 rings (SSSR count). The van der Waals surface area contributed by atoms with Crippen LogP contribution in [0.3, 0.4) is 0 Å². The molecular weight excluding hydrogens is 430 g/mol. The summed E-state index contributed by atoms with van der Waals surface area (Å²) in [5, 5.41) is 15.4. The van der Waals surface area contributed by atoms with Gasteiger partial charge in [0.2, 0.25) is 5.88 Å². The van der Waals surface area contributed by atoms with E-state index in [9.17, 15) is 28.4 Å². The van der Waals surface area contributed by atoms with Gasteiger partial charge in [0.05, 0.1) is 19.9 Å². The zero-order valence-corrected chi connectivity index (χ0v) is 16.9. The van der Waals surface area contributed by atoms with Crippen molar-refractivity contribution < 1.29 is 33.1 Å². The maximum Gasteiger partial charge on any atom is 0.325 e. The fourth-order valence-corrected chi connectivity index (χ4v) is 2.90.